The van der Waals surface area contributed by atoms with Crippen molar-refractivity contribution in [3.05, 3.63) is 23.8 Å². The van der Waals surface area contributed by atoms with E-state index in [1.54, 1.807) is 28.3 Å². The van der Waals surface area contributed by atoms with Crippen LogP contribution in [0.1, 0.15) is 65.7 Å². The summed E-state index contributed by atoms with van der Waals surface area (Å²) in [7, 11) is 4.91. The molecule has 9 nitrogen and oxygen atoms in total. The molecule has 1 unspecified atom stereocenters. The van der Waals surface area contributed by atoms with Gasteiger partial charge in [-0.2, -0.15) is 0 Å². The van der Waals surface area contributed by atoms with Crippen molar-refractivity contribution in [1.82, 2.24) is 0 Å². The molecule has 0 N–H and O–H groups in total. The van der Waals surface area contributed by atoms with Crippen LogP contribution in [0.25, 0.3) is 0 Å². The van der Waals surface area contributed by atoms with E-state index < -0.39 is 18.3 Å². The lowest BCUT2D eigenvalue weighted by Gasteiger charge is -2.44. The zero-order valence-corrected chi connectivity index (χ0v) is 25.9. The predicted molar refractivity (Wildman–Crippen MR) is 153 cm³/mol. The number of cyclic esters (lactones) is 1. The van der Waals surface area contributed by atoms with Crippen LogP contribution in [0.3, 0.4) is 0 Å². The maximum absolute atomic E-state index is 13.7. The highest BCUT2D eigenvalue weighted by atomic mass is 16.7. The van der Waals surface area contributed by atoms with Crippen LogP contribution in [0, 0.1) is 35.5 Å². The van der Waals surface area contributed by atoms with Gasteiger partial charge in [-0.3, -0.25) is 14.4 Å². The zero-order chi connectivity index (χ0) is 30.1. The zero-order valence-electron chi connectivity index (χ0n) is 25.9. The molecular weight excluding hydrogens is 540 g/mol. The van der Waals surface area contributed by atoms with Crippen molar-refractivity contribution in [1.29, 1.82) is 0 Å². The van der Waals surface area contributed by atoms with Gasteiger partial charge in [-0.15, -0.1) is 0 Å². The molecule has 13 atom stereocenters. The van der Waals surface area contributed by atoms with E-state index >= 15 is 0 Å². The number of hydrogen-bond donors (Lipinski definition) is 0. The maximum Gasteiger partial charge on any atom is 0.306 e. The Bertz CT molecular complexity index is 1070. The minimum atomic E-state index is -0.699. The highest BCUT2D eigenvalue weighted by Gasteiger charge is 2.52. The topological polar surface area (TPSA) is 107 Å². The molecule has 5 rings (SSSR count). The van der Waals surface area contributed by atoms with Gasteiger partial charge in [0.1, 0.15) is 30.2 Å². The summed E-state index contributed by atoms with van der Waals surface area (Å²) in [5, 5.41) is 0. The molecular formula is C33H48O9. The number of fused-ring (bicyclic) bond motifs is 5. The number of esters is 1. The molecule has 2 aliphatic heterocycles. The van der Waals surface area contributed by atoms with Gasteiger partial charge in [-0.25, -0.2) is 0 Å². The van der Waals surface area contributed by atoms with Crippen molar-refractivity contribution in [2.24, 2.45) is 35.5 Å². The summed E-state index contributed by atoms with van der Waals surface area (Å²) in [6, 6.07) is 0. The number of hydrogen-bond acceptors (Lipinski definition) is 9. The largest absolute Gasteiger partial charge is 0.462 e. The molecule has 3 fully saturated rings. The van der Waals surface area contributed by atoms with E-state index in [1.165, 1.54) is 0 Å². The van der Waals surface area contributed by atoms with Crippen molar-refractivity contribution in [2.45, 2.75) is 109 Å². The van der Waals surface area contributed by atoms with Gasteiger partial charge in [-0.05, 0) is 75.2 Å². The summed E-state index contributed by atoms with van der Waals surface area (Å²) >= 11 is 0. The number of rotatable bonds is 6. The Morgan fingerprint density at radius 1 is 0.929 bits per heavy atom. The molecule has 2 heterocycles. The predicted octanol–water partition coefficient (Wildman–Crippen LogP) is 4.22. The molecule has 9 heteroatoms. The molecule has 0 aromatic carbocycles. The highest BCUT2D eigenvalue weighted by molar-refractivity contribution is 6.10. The van der Waals surface area contributed by atoms with E-state index in [-0.39, 0.29) is 84.1 Å². The molecule has 0 spiro atoms. The molecule has 0 bridgehead atoms. The quantitative estimate of drug-likeness (QED) is 0.256. The number of allylic oxidation sites excluding steroid dienone is 4. The van der Waals surface area contributed by atoms with Gasteiger partial charge in [-0.1, -0.05) is 25.2 Å². The van der Waals surface area contributed by atoms with E-state index in [9.17, 15) is 14.4 Å². The number of methoxy groups -OCH3 is 3. The smallest absolute Gasteiger partial charge is 0.306 e. The van der Waals surface area contributed by atoms with E-state index in [0.717, 1.165) is 12.8 Å². The molecule has 0 amide bonds. The fourth-order valence-electron chi connectivity index (χ4n) is 8.19. The van der Waals surface area contributed by atoms with Crippen molar-refractivity contribution >= 4 is 17.5 Å². The molecule has 2 saturated heterocycles. The summed E-state index contributed by atoms with van der Waals surface area (Å²) in [6.45, 7) is 5.67. The Morgan fingerprint density at radius 3 is 2.36 bits per heavy atom. The maximum atomic E-state index is 13.7. The van der Waals surface area contributed by atoms with Crippen molar-refractivity contribution in [3.63, 3.8) is 0 Å². The van der Waals surface area contributed by atoms with Crippen LogP contribution in [0.5, 0.6) is 0 Å². The second-order valence-electron chi connectivity index (χ2n) is 12.8. The van der Waals surface area contributed by atoms with Gasteiger partial charge in [0.25, 0.3) is 0 Å². The van der Waals surface area contributed by atoms with E-state index in [1.807, 2.05) is 13.8 Å². The van der Waals surface area contributed by atoms with Crippen molar-refractivity contribution in [2.75, 3.05) is 21.3 Å². The van der Waals surface area contributed by atoms with Crippen molar-refractivity contribution in [3.8, 4) is 0 Å². The molecule has 234 valence electrons. The Morgan fingerprint density at radius 2 is 1.67 bits per heavy atom. The van der Waals surface area contributed by atoms with Crippen LogP contribution in [0.15, 0.2) is 23.8 Å². The highest BCUT2D eigenvalue weighted by Crippen LogP contribution is 2.54. The Kier molecular flexibility index (Phi) is 10.0. The monoisotopic (exact) mass is 588 g/mol. The van der Waals surface area contributed by atoms with Gasteiger partial charge >= 0.3 is 5.97 Å². The minimum absolute atomic E-state index is 0.0137. The summed E-state index contributed by atoms with van der Waals surface area (Å²) in [4.78, 5) is 39.8. The van der Waals surface area contributed by atoms with E-state index in [4.69, 9.17) is 28.4 Å². The normalized spacial score (nSPS) is 44.4. The van der Waals surface area contributed by atoms with Crippen molar-refractivity contribution < 1.29 is 42.8 Å². The van der Waals surface area contributed by atoms with Gasteiger partial charge in [0.2, 0.25) is 0 Å². The molecule has 5 aliphatic rings. The first kappa shape index (κ1) is 31.5. The second kappa shape index (κ2) is 13.4. The summed E-state index contributed by atoms with van der Waals surface area (Å²) in [5.74, 6) is -0.764. The van der Waals surface area contributed by atoms with Crippen LogP contribution in [-0.2, 0) is 42.8 Å². The SMILES string of the molecule is CC[C@H]1CCCC(=O)[C@@H](C)C(=O)C2=C[C@@H]3[C@@H](C=C[C@@H]4C[C@@H](O[C@@H]5O[C@@H](C)[C@H](OC)C(OC)[C@H]5OC)C[C@@H]34)[C@@H]2CC(=O)O1. The lowest BCUT2D eigenvalue weighted by molar-refractivity contribution is -0.314. The van der Waals surface area contributed by atoms with Gasteiger partial charge in [0.05, 0.1) is 24.5 Å². The first-order valence-electron chi connectivity index (χ1n) is 15.8. The van der Waals surface area contributed by atoms with Crippen LogP contribution in [0.4, 0.5) is 0 Å². The number of ether oxygens (including phenoxy) is 6. The molecule has 1 saturated carbocycles. The third kappa shape index (κ3) is 6.05. The number of carbonyl (C=O) groups excluding carboxylic acids is 3. The second-order valence-corrected chi connectivity index (χ2v) is 12.8. The van der Waals surface area contributed by atoms with Crippen LogP contribution >= 0.6 is 0 Å². The lowest BCUT2D eigenvalue weighted by atomic mass is 9.70. The average Bonchev–Trinajstić information content (AvgIpc) is 3.55. The lowest BCUT2D eigenvalue weighted by Crippen LogP contribution is -2.59. The number of Topliss-reactive ketones (excluding diaryl/α,β-unsaturated/α-hetero) is 2. The third-order valence-electron chi connectivity index (χ3n) is 10.5. The number of carbonyl (C=O) groups is 3. The minimum Gasteiger partial charge on any atom is -0.462 e. The Labute approximate surface area is 249 Å². The Hall–Kier alpha value is -1.91. The fraction of sp³-hybridized carbons (Fsp3) is 0.788. The van der Waals surface area contributed by atoms with Crippen LogP contribution < -0.4 is 0 Å². The van der Waals surface area contributed by atoms with E-state index in [0.29, 0.717) is 31.3 Å². The first-order chi connectivity index (χ1) is 20.2. The summed E-state index contributed by atoms with van der Waals surface area (Å²) in [6.07, 6.45) is 8.47. The molecule has 0 aromatic heterocycles. The average molecular weight is 589 g/mol. The summed E-state index contributed by atoms with van der Waals surface area (Å²) < 4.78 is 35.8. The molecule has 42 heavy (non-hydrogen) atoms. The first-order valence-corrected chi connectivity index (χ1v) is 15.8. The van der Waals surface area contributed by atoms with E-state index in [2.05, 4.69) is 18.2 Å². The van der Waals surface area contributed by atoms with Gasteiger partial charge in [0, 0.05) is 33.7 Å². The molecule has 3 aliphatic carbocycles. The standard InChI is InChI=1S/C33H48O9/c1-7-20-9-8-10-27(34)17(2)29(36)26-15-24-22(25(26)16-28(35)41-20)12-11-19-13-21(14-23(19)24)42-33-32(39-6)31(38-5)30(37-4)18(3)40-33/h11-12,15,17-25,30-33H,7-10,13-14,16H2,1-6H3/t17-,18+,19-,20+,21-,22-,23-,24-,25+,30+,31?,32-,33+/m1/s1. The van der Waals surface area contributed by atoms with Crippen LogP contribution in [-0.4, -0.2) is 81.8 Å². The van der Waals surface area contributed by atoms with Gasteiger partial charge in [0.15, 0.2) is 12.1 Å². The molecule has 0 aromatic rings. The fourth-order valence-corrected chi connectivity index (χ4v) is 8.19. The van der Waals surface area contributed by atoms with Crippen LogP contribution in [0.2, 0.25) is 0 Å². The molecule has 0 radical (unpaired) electrons. The third-order valence-corrected chi connectivity index (χ3v) is 10.5. The van der Waals surface area contributed by atoms with Gasteiger partial charge < -0.3 is 28.4 Å². The Balaban J connectivity index is 1.35. The number of ketones is 2. The summed E-state index contributed by atoms with van der Waals surface area (Å²) in [5.41, 5.74) is 0.628.